The van der Waals surface area contributed by atoms with Gasteiger partial charge < -0.3 is 15.5 Å². The predicted molar refractivity (Wildman–Crippen MR) is 176 cm³/mol. The molecule has 8 heteroatoms. The zero-order valence-corrected chi connectivity index (χ0v) is 27.4. The number of piperazine rings is 1. The molecule has 4 fully saturated rings. The van der Waals surface area contributed by atoms with Gasteiger partial charge in [0.1, 0.15) is 0 Å². The first-order chi connectivity index (χ1) is 20.0. The molecule has 2 heterocycles. The van der Waals surface area contributed by atoms with Crippen LogP contribution in [0.3, 0.4) is 0 Å². The molecule has 224 valence electrons. The summed E-state index contributed by atoms with van der Waals surface area (Å²) in [5, 5.41) is 7.98. The van der Waals surface area contributed by atoms with Crippen molar-refractivity contribution in [3.63, 3.8) is 0 Å². The lowest BCUT2D eigenvalue weighted by Crippen LogP contribution is -2.59. The number of fused-ring (bicyclic) bond motifs is 3. The maximum absolute atomic E-state index is 13.5. The summed E-state index contributed by atoms with van der Waals surface area (Å²) in [6.07, 6.45) is 4.97. The lowest BCUT2D eigenvalue weighted by molar-refractivity contribution is -0.108. The predicted octanol–water partition coefficient (Wildman–Crippen LogP) is 6.48. The van der Waals surface area contributed by atoms with E-state index in [9.17, 15) is 4.79 Å². The molecule has 7 atom stereocenters. The fourth-order valence-electron chi connectivity index (χ4n) is 7.86. The van der Waals surface area contributed by atoms with E-state index in [1.54, 1.807) is 10.9 Å². The molecule has 2 bridgehead atoms. The van der Waals surface area contributed by atoms with Crippen LogP contribution in [-0.2, 0) is 6.42 Å². The Morgan fingerprint density at radius 2 is 1.83 bits per heavy atom. The van der Waals surface area contributed by atoms with Crippen LogP contribution in [0.2, 0.25) is 0 Å². The molecule has 2 N–H and O–H groups in total. The highest BCUT2D eigenvalue weighted by Gasteiger charge is 2.56. The van der Waals surface area contributed by atoms with E-state index in [1.165, 1.54) is 12.0 Å². The highest BCUT2D eigenvalue weighted by Crippen LogP contribution is 2.61. The minimum Gasteiger partial charge on any atom is -0.340 e. The molecule has 7 nitrogen and oxygen atoms in total. The topological polar surface area (TPSA) is 74.5 Å². The molecule has 1 aromatic heterocycles. The van der Waals surface area contributed by atoms with Crippen molar-refractivity contribution in [2.75, 3.05) is 18.4 Å². The van der Waals surface area contributed by atoms with E-state index in [0.717, 1.165) is 53.9 Å². The van der Waals surface area contributed by atoms with Gasteiger partial charge in [-0.15, -0.1) is 0 Å². The van der Waals surface area contributed by atoms with E-state index >= 15 is 0 Å². The van der Waals surface area contributed by atoms with E-state index in [0.29, 0.717) is 40.4 Å². The summed E-state index contributed by atoms with van der Waals surface area (Å²) in [5.41, 5.74) is 3.24. The maximum atomic E-state index is 13.5. The lowest BCUT2D eigenvalue weighted by atomic mass is 9.45. The van der Waals surface area contributed by atoms with Gasteiger partial charge in [-0.3, -0.25) is 9.36 Å². The fraction of sp³-hybridized carbons (Fsp3) is 0.559. The third-order valence-corrected chi connectivity index (χ3v) is 10.9. The Hall–Kier alpha value is -2.71. The summed E-state index contributed by atoms with van der Waals surface area (Å²) in [6, 6.07) is 15.3. The van der Waals surface area contributed by atoms with E-state index in [1.807, 2.05) is 30.3 Å². The van der Waals surface area contributed by atoms with Crippen molar-refractivity contribution in [3.05, 3.63) is 69.2 Å². The van der Waals surface area contributed by atoms with Gasteiger partial charge in [0.15, 0.2) is 5.96 Å². The van der Waals surface area contributed by atoms with Gasteiger partial charge in [-0.2, -0.15) is 0 Å². The molecule has 3 aliphatic carbocycles. The zero-order chi connectivity index (χ0) is 29.8. The van der Waals surface area contributed by atoms with Crippen LogP contribution < -0.4 is 16.2 Å². The normalized spacial score (nSPS) is 29.7. The summed E-state index contributed by atoms with van der Waals surface area (Å²) in [4.78, 5) is 26.1. The molecule has 4 aliphatic rings. The smallest absolute Gasteiger partial charge is 0.261 e. The standard InChI is InChI=1S/C34H45BrN6O/c1-20-17-40(18-21(2)37-20)33(39-30-15-25-14-29(23(30)4)34(25,5)6)38-27-11-12-28-31(16-27)36-19-41(32(28)42)22(3)13-24-7-9-26(35)10-8-24/h7-12,16,19-23,25,29-30,37H,13-15,17-18H2,1-6H3,(H,38,39)/t20-,21+,22-,23+,25-,29+,30?/m1/s1. The second-order valence-corrected chi connectivity index (χ2v) is 14.8. The monoisotopic (exact) mass is 632 g/mol. The molecule has 3 aromatic rings. The third kappa shape index (κ3) is 5.64. The Bertz CT molecular complexity index is 1520. The molecule has 0 amide bonds. The lowest BCUT2D eigenvalue weighted by Gasteiger charge is -2.61. The van der Waals surface area contributed by atoms with Crippen LogP contribution in [0.4, 0.5) is 5.69 Å². The van der Waals surface area contributed by atoms with E-state index in [2.05, 4.69) is 85.1 Å². The Morgan fingerprint density at radius 1 is 1.12 bits per heavy atom. The van der Waals surface area contributed by atoms with Gasteiger partial charge in [0.05, 0.1) is 23.3 Å². The first kappa shape index (κ1) is 29.4. The van der Waals surface area contributed by atoms with Crippen LogP contribution >= 0.6 is 15.9 Å². The van der Waals surface area contributed by atoms with Gasteiger partial charge >= 0.3 is 0 Å². The number of halogens is 1. The van der Waals surface area contributed by atoms with Crippen molar-refractivity contribution in [1.82, 2.24) is 19.8 Å². The van der Waals surface area contributed by atoms with Gasteiger partial charge in [-0.1, -0.05) is 48.8 Å². The van der Waals surface area contributed by atoms with Crippen molar-refractivity contribution >= 4 is 38.5 Å². The molecule has 1 saturated heterocycles. The average Bonchev–Trinajstić information content (AvgIpc) is 2.94. The van der Waals surface area contributed by atoms with Crippen molar-refractivity contribution in [1.29, 1.82) is 0 Å². The molecule has 42 heavy (non-hydrogen) atoms. The highest BCUT2D eigenvalue weighted by atomic mass is 79.9. The number of hydrogen-bond acceptors (Lipinski definition) is 4. The van der Waals surface area contributed by atoms with Crippen LogP contribution in [-0.4, -0.2) is 51.6 Å². The Balaban J connectivity index is 1.26. The molecule has 3 saturated carbocycles. The molecular weight excluding hydrogens is 588 g/mol. The summed E-state index contributed by atoms with van der Waals surface area (Å²) in [5.74, 6) is 3.01. The summed E-state index contributed by atoms with van der Waals surface area (Å²) in [7, 11) is 0. The van der Waals surface area contributed by atoms with Crippen LogP contribution in [0.15, 0.2) is 63.1 Å². The number of guanidine groups is 1. The van der Waals surface area contributed by atoms with Crippen LogP contribution in [0.1, 0.15) is 66.0 Å². The number of hydrogen-bond donors (Lipinski definition) is 2. The summed E-state index contributed by atoms with van der Waals surface area (Å²) < 4.78 is 2.81. The minimum absolute atomic E-state index is 0.00234. The zero-order valence-electron chi connectivity index (χ0n) is 25.8. The number of rotatable bonds is 5. The van der Waals surface area contributed by atoms with Gasteiger partial charge in [-0.05, 0) is 99.1 Å². The van der Waals surface area contributed by atoms with Gasteiger partial charge in [0, 0.05) is 41.4 Å². The second-order valence-electron chi connectivity index (χ2n) is 13.8. The Morgan fingerprint density at radius 3 is 2.50 bits per heavy atom. The second kappa shape index (κ2) is 11.4. The molecule has 7 rings (SSSR count). The maximum Gasteiger partial charge on any atom is 0.261 e. The van der Waals surface area contributed by atoms with Crippen molar-refractivity contribution < 1.29 is 0 Å². The number of nitrogens with zero attached hydrogens (tertiary/aromatic N) is 4. The Kier molecular flexibility index (Phi) is 7.98. The molecule has 1 unspecified atom stereocenters. The fourth-order valence-corrected chi connectivity index (χ4v) is 8.12. The molecular formula is C34H45BrN6O. The number of nitrogens with one attached hydrogen (secondary N) is 2. The number of benzene rings is 2. The Labute approximate surface area is 258 Å². The minimum atomic E-state index is -0.00678. The largest absolute Gasteiger partial charge is 0.340 e. The van der Waals surface area contributed by atoms with Crippen LogP contribution in [0.25, 0.3) is 10.9 Å². The number of aliphatic imine (C=N–C) groups is 1. The third-order valence-electron chi connectivity index (χ3n) is 10.4. The van der Waals surface area contributed by atoms with Crippen molar-refractivity contribution in [2.45, 2.75) is 85.0 Å². The van der Waals surface area contributed by atoms with Crippen LogP contribution in [0.5, 0.6) is 0 Å². The van der Waals surface area contributed by atoms with Crippen molar-refractivity contribution in [3.8, 4) is 0 Å². The summed E-state index contributed by atoms with van der Waals surface area (Å²) >= 11 is 3.50. The first-order valence-electron chi connectivity index (χ1n) is 15.6. The molecule has 0 spiro atoms. The quantitative estimate of drug-likeness (QED) is 0.249. The van der Waals surface area contributed by atoms with Gasteiger partial charge in [-0.25, -0.2) is 9.98 Å². The first-order valence-corrected chi connectivity index (χ1v) is 16.4. The van der Waals surface area contributed by atoms with E-state index < -0.39 is 0 Å². The van der Waals surface area contributed by atoms with E-state index in [4.69, 9.17) is 9.98 Å². The van der Waals surface area contributed by atoms with E-state index in [-0.39, 0.29) is 11.6 Å². The SMILES string of the molecule is C[C@@H]1CN(/C(=N\C2C[C@H]3C[C@@H]([C@@H]2C)C3(C)C)Nc2ccc3c(=O)n([C@H](C)Cc4ccc(Br)cc4)cnc3c2)C[C@H](C)N1. The number of aromatic nitrogens is 2. The van der Waals surface area contributed by atoms with Crippen LogP contribution in [0, 0.1) is 23.2 Å². The molecule has 0 radical (unpaired) electrons. The molecule has 2 aromatic carbocycles. The highest BCUT2D eigenvalue weighted by molar-refractivity contribution is 9.10. The van der Waals surface area contributed by atoms with Crippen molar-refractivity contribution in [2.24, 2.45) is 28.2 Å². The number of anilines is 1. The average molecular weight is 634 g/mol. The summed E-state index contributed by atoms with van der Waals surface area (Å²) in [6.45, 7) is 15.7. The van der Waals surface area contributed by atoms with Gasteiger partial charge in [0.25, 0.3) is 5.56 Å². The molecule has 1 aliphatic heterocycles. The van der Waals surface area contributed by atoms with Gasteiger partial charge in [0.2, 0.25) is 0 Å².